The molecule has 1 aliphatic rings. The van der Waals surface area contributed by atoms with Gasteiger partial charge in [0.25, 0.3) is 0 Å². The molecule has 2 nitrogen and oxygen atoms in total. The van der Waals surface area contributed by atoms with Crippen LogP contribution in [0.1, 0.15) is 11.6 Å². The van der Waals surface area contributed by atoms with Gasteiger partial charge in [-0.2, -0.15) is 0 Å². The van der Waals surface area contributed by atoms with Gasteiger partial charge in [0.15, 0.2) is 23.3 Å². The van der Waals surface area contributed by atoms with Crippen LogP contribution in [0.4, 0.5) is 26.3 Å². The van der Waals surface area contributed by atoms with E-state index in [9.17, 15) is 26.3 Å². The molecule has 1 aromatic carbocycles. The Hall–Kier alpha value is -1.28. The van der Waals surface area contributed by atoms with Crippen LogP contribution in [0, 0.1) is 29.1 Å². The van der Waals surface area contributed by atoms with E-state index in [4.69, 9.17) is 0 Å². The number of hydrogen-bond acceptors (Lipinski definition) is 2. The molecule has 2 rings (SSSR count). The first-order chi connectivity index (χ1) is 9.49. The van der Waals surface area contributed by atoms with E-state index in [1.165, 1.54) is 4.90 Å². The number of nitrogens with one attached hydrogen (secondary N) is 1. The maximum absolute atomic E-state index is 13.7. The molecule has 0 radical (unpaired) electrons. The standard InChI is InChI=1S/C12H12F6N2/c13-5-6(20-3-1-19-2-4-20)7-8(14)10(16)12(18)11(17)9(7)15/h6,19H,1-5H2/t6-/m0/s1. The topological polar surface area (TPSA) is 15.3 Å². The van der Waals surface area contributed by atoms with Gasteiger partial charge >= 0.3 is 0 Å². The van der Waals surface area contributed by atoms with Crippen molar-refractivity contribution in [2.75, 3.05) is 32.9 Å². The van der Waals surface area contributed by atoms with Crippen molar-refractivity contribution in [2.24, 2.45) is 0 Å². The summed E-state index contributed by atoms with van der Waals surface area (Å²) in [5.74, 6) is -10.3. The van der Waals surface area contributed by atoms with Gasteiger partial charge in [-0.05, 0) is 0 Å². The van der Waals surface area contributed by atoms with E-state index >= 15 is 0 Å². The summed E-state index contributed by atoms with van der Waals surface area (Å²) in [4.78, 5) is 1.36. The van der Waals surface area contributed by atoms with Crippen molar-refractivity contribution in [1.29, 1.82) is 0 Å². The Kier molecular flexibility index (Phi) is 4.54. The third-order valence-corrected chi connectivity index (χ3v) is 3.32. The third-order valence-electron chi connectivity index (χ3n) is 3.32. The van der Waals surface area contributed by atoms with Gasteiger partial charge in [0.05, 0.1) is 6.04 Å². The Morgan fingerprint density at radius 2 is 1.30 bits per heavy atom. The van der Waals surface area contributed by atoms with Crippen molar-refractivity contribution in [3.05, 3.63) is 34.6 Å². The molecule has 1 saturated heterocycles. The van der Waals surface area contributed by atoms with Gasteiger partial charge in [-0.3, -0.25) is 4.90 Å². The molecule has 1 N–H and O–H groups in total. The normalized spacial score (nSPS) is 18.3. The molecule has 0 bridgehead atoms. The molecule has 1 atom stereocenters. The Morgan fingerprint density at radius 3 is 1.75 bits per heavy atom. The molecule has 20 heavy (non-hydrogen) atoms. The number of benzene rings is 1. The van der Waals surface area contributed by atoms with Crippen molar-refractivity contribution < 1.29 is 26.3 Å². The summed E-state index contributed by atoms with van der Waals surface area (Å²) in [5.41, 5.74) is -1.11. The maximum Gasteiger partial charge on any atom is 0.200 e. The van der Waals surface area contributed by atoms with Crippen molar-refractivity contribution in [2.45, 2.75) is 6.04 Å². The van der Waals surface area contributed by atoms with Crippen molar-refractivity contribution in [3.63, 3.8) is 0 Å². The second-order valence-corrected chi connectivity index (χ2v) is 4.44. The smallest absolute Gasteiger partial charge is 0.200 e. The second kappa shape index (κ2) is 6.01. The van der Waals surface area contributed by atoms with Crippen LogP contribution >= 0.6 is 0 Å². The predicted molar refractivity (Wildman–Crippen MR) is 59.4 cm³/mol. The molecule has 0 saturated carbocycles. The van der Waals surface area contributed by atoms with E-state index in [-0.39, 0.29) is 13.1 Å². The molecule has 0 spiro atoms. The minimum Gasteiger partial charge on any atom is -0.314 e. The molecule has 1 heterocycles. The van der Waals surface area contributed by atoms with Crippen molar-refractivity contribution in [1.82, 2.24) is 10.2 Å². The van der Waals surface area contributed by atoms with Gasteiger partial charge in [-0.15, -0.1) is 0 Å². The lowest BCUT2D eigenvalue weighted by Crippen LogP contribution is -2.46. The molecule has 0 unspecified atom stereocenters. The van der Waals surface area contributed by atoms with E-state index in [1.807, 2.05) is 0 Å². The molecule has 112 valence electrons. The lowest BCUT2D eigenvalue weighted by molar-refractivity contribution is 0.139. The fraction of sp³-hybridized carbons (Fsp3) is 0.500. The number of nitrogens with zero attached hydrogens (tertiary/aromatic N) is 1. The summed E-state index contributed by atoms with van der Waals surface area (Å²) in [7, 11) is 0. The summed E-state index contributed by atoms with van der Waals surface area (Å²) in [5, 5.41) is 2.95. The van der Waals surface area contributed by atoms with Crippen molar-refractivity contribution >= 4 is 0 Å². The van der Waals surface area contributed by atoms with Crippen LogP contribution in [-0.4, -0.2) is 37.8 Å². The van der Waals surface area contributed by atoms with Crippen LogP contribution in [0.25, 0.3) is 0 Å². The second-order valence-electron chi connectivity index (χ2n) is 4.44. The molecule has 0 aliphatic carbocycles. The Bertz CT molecular complexity index is 472. The molecule has 8 heteroatoms. The summed E-state index contributed by atoms with van der Waals surface area (Å²) < 4.78 is 79.7. The van der Waals surface area contributed by atoms with Gasteiger partial charge in [0.1, 0.15) is 6.67 Å². The van der Waals surface area contributed by atoms with Crippen LogP contribution in [0.3, 0.4) is 0 Å². The number of halogens is 6. The van der Waals surface area contributed by atoms with E-state index in [1.54, 1.807) is 0 Å². The average Bonchev–Trinajstić information content (AvgIpc) is 2.48. The first-order valence-corrected chi connectivity index (χ1v) is 6.01. The SMILES string of the molecule is FC[C@@H](c1c(F)c(F)c(F)c(F)c1F)N1CCNCC1. The zero-order valence-electron chi connectivity index (χ0n) is 10.3. The molecule has 1 aliphatic heterocycles. The fourth-order valence-corrected chi connectivity index (χ4v) is 2.27. The Labute approximate surface area is 111 Å². The number of hydrogen-bond donors (Lipinski definition) is 1. The van der Waals surface area contributed by atoms with Crippen LogP contribution < -0.4 is 5.32 Å². The van der Waals surface area contributed by atoms with E-state index < -0.39 is 47.4 Å². The van der Waals surface area contributed by atoms with E-state index in [2.05, 4.69) is 5.32 Å². The van der Waals surface area contributed by atoms with Crippen LogP contribution in [0.2, 0.25) is 0 Å². The minimum atomic E-state index is -2.23. The maximum atomic E-state index is 13.7. The summed E-state index contributed by atoms with van der Waals surface area (Å²) >= 11 is 0. The quantitative estimate of drug-likeness (QED) is 0.523. The van der Waals surface area contributed by atoms with Crippen LogP contribution in [0.15, 0.2) is 0 Å². The molecule has 1 fully saturated rings. The lowest BCUT2D eigenvalue weighted by atomic mass is 10.0. The lowest BCUT2D eigenvalue weighted by Gasteiger charge is -2.33. The molecule has 0 aromatic heterocycles. The van der Waals surface area contributed by atoms with Gasteiger partial charge in [0, 0.05) is 31.7 Å². The summed E-state index contributed by atoms with van der Waals surface area (Å²) in [6.07, 6.45) is 0. The van der Waals surface area contributed by atoms with Gasteiger partial charge < -0.3 is 5.32 Å². The predicted octanol–water partition coefficient (Wildman–Crippen LogP) is 2.30. The molecular formula is C12H12F6N2. The highest BCUT2D eigenvalue weighted by Crippen LogP contribution is 2.31. The summed E-state index contributed by atoms with van der Waals surface area (Å²) in [6.45, 7) is 0.179. The first kappa shape index (κ1) is 15.1. The molecule has 0 amide bonds. The highest BCUT2D eigenvalue weighted by molar-refractivity contribution is 5.27. The van der Waals surface area contributed by atoms with Gasteiger partial charge in [-0.25, -0.2) is 26.3 Å². The average molecular weight is 298 g/mol. The Morgan fingerprint density at radius 1 is 0.850 bits per heavy atom. The monoisotopic (exact) mass is 298 g/mol. The van der Waals surface area contributed by atoms with Crippen molar-refractivity contribution in [3.8, 4) is 0 Å². The molecule has 1 aromatic rings. The zero-order chi connectivity index (χ0) is 14.9. The highest BCUT2D eigenvalue weighted by Gasteiger charge is 2.33. The number of alkyl halides is 1. The summed E-state index contributed by atoms with van der Waals surface area (Å²) in [6, 6.07) is -1.48. The zero-order valence-corrected chi connectivity index (χ0v) is 10.3. The van der Waals surface area contributed by atoms with Crippen LogP contribution in [0.5, 0.6) is 0 Å². The first-order valence-electron chi connectivity index (χ1n) is 6.01. The largest absolute Gasteiger partial charge is 0.314 e. The van der Waals surface area contributed by atoms with Gasteiger partial charge in [-0.1, -0.05) is 0 Å². The minimum absolute atomic E-state index is 0.258. The third kappa shape index (κ3) is 2.49. The Balaban J connectivity index is 2.48. The number of rotatable bonds is 3. The highest BCUT2D eigenvalue weighted by atomic mass is 19.2. The molecular weight excluding hydrogens is 286 g/mol. The fourth-order valence-electron chi connectivity index (χ4n) is 2.27. The van der Waals surface area contributed by atoms with E-state index in [0.717, 1.165) is 0 Å². The number of piperazine rings is 1. The van der Waals surface area contributed by atoms with E-state index in [0.29, 0.717) is 13.1 Å². The van der Waals surface area contributed by atoms with Gasteiger partial charge in [0.2, 0.25) is 5.82 Å². The van der Waals surface area contributed by atoms with Crippen LogP contribution in [-0.2, 0) is 0 Å².